The zero-order chi connectivity index (χ0) is 17.5. The molecule has 1 aromatic heterocycles. The fourth-order valence-corrected chi connectivity index (χ4v) is 2.58. The van der Waals surface area contributed by atoms with Gasteiger partial charge in [0.15, 0.2) is 0 Å². The van der Waals surface area contributed by atoms with Crippen LogP contribution in [0.2, 0.25) is 0 Å². The molecule has 0 spiro atoms. The van der Waals surface area contributed by atoms with Gasteiger partial charge in [0.25, 0.3) is 11.8 Å². The Morgan fingerprint density at radius 1 is 1.04 bits per heavy atom. The molecule has 7 heteroatoms. The third kappa shape index (κ3) is 5.20. The Bertz CT molecular complexity index is 726. The van der Waals surface area contributed by atoms with Gasteiger partial charge in [-0.05, 0) is 35.6 Å². The SMILES string of the molecule is CC(C)CC(=O)NNC(=O)c1cccc(NC(=O)c2cccs2)c1. The van der Waals surface area contributed by atoms with Gasteiger partial charge in [0.1, 0.15) is 0 Å². The molecule has 0 saturated carbocycles. The van der Waals surface area contributed by atoms with Gasteiger partial charge in [-0.25, -0.2) is 0 Å². The number of benzene rings is 1. The Hall–Kier alpha value is -2.67. The molecule has 0 atom stereocenters. The van der Waals surface area contributed by atoms with E-state index in [0.717, 1.165) is 0 Å². The summed E-state index contributed by atoms with van der Waals surface area (Å²) in [5.74, 6) is -0.717. The molecular weight excluding hydrogens is 326 g/mol. The van der Waals surface area contributed by atoms with Crippen molar-refractivity contribution in [1.82, 2.24) is 10.9 Å². The molecule has 2 rings (SSSR count). The number of hydrogen-bond acceptors (Lipinski definition) is 4. The molecule has 3 amide bonds. The number of amides is 3. The lowest BCUT2D eigenvalue weighted by molar-refractivity contribution is -0.122. The highest BCUT2D eigenvalue weighted by atomic mass is 32.1. The number of thiophene rings is 1. The Balaban J connectivity index is 1.95. The van der Waals surface area contributed by atoms with Gasteiger partial charge in [0.05, 0.1) is 4.88 Å². The Kier molecular flexibility index (Phi) is 6.08. The van der Waals surface area contributed by atoms with E-state index in [9.17, 15) is 14.4 Å². The maximum atomic E-state index is 12.1. The highest BCUT2D eigenvalue weighted by Gasteiger charge is 2.11. The zero-order valence-electron chi connectivity index (χ0n) is 13.5. The molecule has 0 fully saturated rings. The van der Waals surface area contributed by atoms with Crippen molar-refractivity contribution in [1.29, 1.82) is 0 Å². The van der Waals surface area contributed by atoms with Gasteiger partial charge in [0.2, 0.25) is 5.91 Å². The van der Waals surface area contributed by atoms with E-state index < -0.39 is 5.91 Å². The lowest BCUT2D eigenvalue weighted by Gasteiger charge is -2.10. The summed E-state index contributed by atoms with van der Waals surface area (Å²) in [7, 11) is 0. The van der Waals surface area contributed by atoms with Crippen LogP contribution in [0.5, 0.6) is 0 Å². The number of carbonyl (C=O) groups excluding carboxylic acids is 3. The van der Waals surface area contributed by atoms with Crippen LogP contribution in [0.1, 0.15) is 40.3 Å². The first-order chi connectivity index (χ1) is 11.5. The van der Waals surface area contributed by atoms with Crippen LogP contribution < -0.4 is 16.2 Å². The summed E-state index contributed by atoms with van der Waals surface area (Å²) in [6.07, 6.45) is 0.331. The molecule has 2 aromatic rings. The lowest BCUT2D eigenvalue weighted by Crippen LogP contribution is -2.42. The summed E-state index contributed by atoms with van der Waals surface area (Å²) in [5, 5.41) is 4.55. The molecule has 24 heavy (non-hydrogen) atoms. The van der Waals surface area contributed by atoms with Crippen LogP contribution in [0.15, 0.2) is 41.8 Å². The maximum Gasteiger partial charge on any atom is 0.269 e. The number of carbonyl (C=O) groups is 3. The first-order valence-corrected chi connectivity index (χ1v) is 8.38. The van der Waals surface area contributed by atoms with Crippen molar-refractivity contribution < 1.29 is 14.4 Å². The fraction of sp³-hybridized carbons (Fsp3) is 0.235. The number of anilines is 1. The van der Waals surface area contributed by atoms with Crippen LogP contribution in [-0.2, 0) is 4.79 Å². The predicted octanol–water partition coefficient (Wildman–Crippen LogP) is 2.81. The normalized spacial score (nSPS) is 10.3. The number of nitrogens with one attached hydrogen (secondary N) is 3. The van der Waals surface area contributed by atoms with Crippen LogP contribution in [-0.4, -0.2) is 17.7 Å². The molecule has 1 heterocycles. The van der Waals surface area contributed by atoms with E-state index in [1.54, 1.807) is 36.4 Å². The topological polar surface area (TPSA) is 87.3 Å². The van der Waals surface area contributed by atoms with E-state index in [1.807, 2.05) is 19.2 Å². The van der Waals surface area contributed by atoms with E-state index in [4.69, 9.17) is 0 Å². The summed E-state index contributed by atoms with van der Waals surface area (Å²) in [5.41, 5.74) is 5.58. The van der Waals surface area contributed by atoms with E-state index in [1.165, 1.54) is 11.3 Å². The van der Waals surface area contributed by atoms with Gasteiger partial charge in [0, 0.05) is 17.7 Å². The van der Waals surface area contributed by atoms with Crippen LogP contribution in [0.3, 0.4) is 0 Å². The molecule has 0 aliphatic rings. The lowest BCUT2D eigenvalue weighted by atomic mass is 10.1. The van der Waals surface area contributed by atoms with Crippen molar-refractivity contribution in [2.75, 3.05) is 5.32 Å². The first kappa shape index (κ1) is 17.7. The van der Waals surface area contributed by atoms with E-state index in [2.05, 4.69) is 16.2 Å². The molecule has 1 aromatic carbocycles. The number of hydrazine groups is 1. The smallest absolute Gasteiger partial charge is 0.269 e. The first-order valence-electron chi connectivity index (χ1n) is 7.50. The molecule has 0 bridgehead atoms. The van der Waals surface area contributed by atoms with Gasteiger partial charge in [-0.1, -0.05) is 26.0 Å². The molecule has 0 aliphatic heterocycles. The quantitative estimate of drug-likeness (QED) is 0.728. The molecular formula is C17H19N3O3S. The van der Waals surface area contributed by atoms with Gasteiger partial charge < -0.3 is 5.32 Å². The molecule has 0 aliphatic carbocycles. The van der Waals surface area contributed by atoms with Crippen LogP contribution in [0.4, 0.5) is 5.69 Å². The third-order valence-corrected chi connectivity index (χ3v) is 3.91. The minimum atomic E-state index is -0.445. The molecule has 0 saturated heterocycles. The third-order valence-electron chi connectivity index (χ3n) is 3.04. The standard InChI is InChI=1S/C17H19N3O3S/c1-11(2)9-15(21)19-20-16(22)12-5-3-6-13(10-12)18-17(23)14-7-4-8-24-14/h3-8,10-11H,9H2,1-2H3,(H,18,23)(H,19,21)(H,20,22). The molecule has 0 radical (unpaired) electrons. The Labute approximate surface area is 144 Å². The van der Waals surface area contributed by atoms with E-state index in [-0.39, 0.29) is 17.7 Å². The highest BCUT2D eigenvalue weighted by molar-refractivity contribution is 7.12. The molecule has 3 N–H and O–H groups in total. The molecule has 0 unspecified atom stereocenters. The maximum absolute atomic E-state index is 12.1. The minimum absolute atomic E-state index is 0.206. The second kappa shape index (κ2) is 8.26. The van der Waals surface area contributed by atoms with Crippen LogP contribution in [0.25, 0.3) is 0 Å². The minimum Gasteiger partial charge on any atom is -0.321 e. The van der Waals surface area contributed by atoms with Crippen molar-refractivity contribution in [3.05, 3.63) is 52.2 Å². The predicted molar refractivity (Wildman–Crippen MR) is 93.8 cm³/mol. The van der Waals surface area contributed by atoms with Crippen molar-refractivity contribution in [3.8, 4) is 0 Å². The van der Waals surface area contributed by atoms with Crippen LogP contribution in [0, 0.1) is 5.92 Å². The van der Waals surface area contributed by atoms with E-state index in [0.29, 0.717) is 22.5 Å². The summed E-state index contributed by atoms with van der Waals surface area (Å²) < 4.78 is 0. The summed E-state index contributed by atoms with van der Waals surface area (Å²) in [6, 6.07) is 10.0. The van der Waals surface area contributed by atoms with Crippen molar-refractivity contribution in [2.45, 2.75) is 20.3 Å². The highest BCUT2D eigenvalue weighted by Crippen LogP contribution is 2.14. The van der Waals surface area contributed by atoms with Crippen molar-refractivity contribution >= 4 is 34.7 Å². The van der Waals surface area contributed by atoms with Gasteiger partial charge >= 0.3 is 0 Å². The second-order valence-corrected chi connectivity index (χ2v) is 6.56. The Morgan fingerprint density at radius 3 is 2.50 bits per heavy atom. The average molecular weight is 345 g/mol. The van der Waals surface area contributed by atoms with E-state index >= 15 is 0 Å². The van der Waals surface area contributed by atoms with Crippen molar-refractivity contribution in [3.63, 3.8) is 0 Å². The van der Waals surface area contributed by atoms with Gasteiger partial charge in [-0.15, -0.1) is 11.3 Å². The second-order valence-electron chi connectivity index (χ2n) is 5.61. The zero-order valence-corrected chi connectivity index (χ0v) is 14.3. The van der Waals surface area contributed by atoms with Crippen LogP contribution >= 0.6 is 11.3 Å². The largest absolute Gasteiger partial charge is 0.321 e. The average Bonchev–Trinajstić information content (AvgIpc) is 3.07. The number of hydrogen-bond donors (Lipinski definition) is 3. The Morgan fingerprint density at radius 2 is 1.83 bits per heavy atom. The molecule has 126 valence electrons. The monoisotopic (exact) mass is 345 g/mol. The van der Waals surface area contributed by atoms with Crippen molar-refractivity contribution in [2.24, 2.45) is 5.92 Å². The summed E-state index contributed by atoms with van der Waals surface area (Å²) in [4.78, 5) is 36.2. The fourth-order valence-electron chi connectivity index (χ4n) is 1.96. The summed E-state index contributed by atoms with van der Waals surface area (Å²) >= 11 is 1.34. The summed E-state index contributed by atoms with van der Waals surface area (Å²) in [6.45, 7) is 3.84. The van der Waals surface area contributed by atoms with Gasteiger partial charge in [-0.2, -0.15) is 0 Å². The molecule has 6 nitrogen and oxygen atoms in total. The van der Waals surface area contributed by atoms with Gasteiger partial charge in [-0.3, -0.25) is 25.2 Å². The number of rotatable bonds is 5.